The maximum absolute atomic E-state index is 14.5. The Morgan fingerprint density at radius 1 is 0.857 bits per heavy atom. The Bertz CT molecular complexity index is 2650. The van der Waals surface area contributed by atoms with Gasteiger partial charge in [-0.3, -0.25) is 19.3 Å². The zero-order valence-corrected chi connectivity index (χ0v) is 41.4. The van der Waals surface area contributed by atoms with E-state index in [2.05, 4.69) is 10.6 Å². The van der Waals surface area contributed by atoms with Gasteiger partial charge in [-0.2, -0.15) is 17.7 Å². The summed E-state index contributed by atoms with van der Waals surface area (Å²) in [4.78, 5) is 82.9. The molecule has 4 heterocycles. The molecule has 2 N–H and O–H groups in total. The van der Waals surface area contributed by atoms with Crippen LogP contribution in [0.25, 0.3) is 0 Å². The normalized spacial score (nSPS) is 17.6. The van der Waals surface area contributed by atoms with E-state index in [1.807, 2.05) is 60.7 Å². The van der Waals surface area contributed by atoms with Crippen LogP contribution in [0.5, 0.6) is 5.75 Å². The maximum atomic E-state index is 14.5. The lowest BCUT2D eigenvalue weighted by Gasteiger charge is -2.49. The van der Waals surface area contributed by atoms with Crippen LogP contribution in [0.4, 0.5) is 28.4 Å². The predicted octanol–water partition coefficient (Wildman–Crippen LogP) is 5.00. The molecule has 0 radical (unpaired) electrons. The first-order valence-corrected chi connectivity index (χ1v) is 23.0. The number of benzene rings is 3. The number of fused-ring (bicyclic) bond motifs is 1. The number of hydrogen-bond acceptors (Lipinski definition) is 11. The van der Waals surface area contributed by atoms with Crippen molar-refractivity contribution in [2.75, 3.05) is 17.6 Å². The van der Waals surface area contributed by atoms with Crippen LogP contribution in [0.3, 0.4) is 0 Å². The molecular weight excluding hydrogens is 1000 g/mol. The molecule has 70 heavy (non-hydrogen) atoms. The molecule has 0 bridgehead atoms. The number of aromatic nitrogens is 1. The summed E-state index contributed by atoms with van der Waals surface area (Å²) in [6.45, 7) is 10.00. The fraction of sp³-hybridized carbons (Fsp3) is 0.340. The number of esters is 1. The van der Waals surface area contributed by atoms with Crippen LogP contribution in [0, 0.1) is 0 Å². The van der Waals surface area contributed by atoms with E-state index in [1.165, 1.54) is 21.2 Å². The van der Waals surface area contributed by atoms with Crippen molar-refractivity contribution in [1.29, 1.82) is 0 Å². The smallest absolute Gasteiger partial charge is 0.514 e. The van der Waals surface area contributed by atoms with E-state index >= 15 is 0 Å². The molecule has 1 aromatic heterocycles. The minimum atomic E-state index is -4.90. The van der Waals surface area contributed by atoms with Crippen LogP contribution < -0.4 is 36.9 Å². The van der Waals surface area contributed by atoms with Crippen molar-refractivity contribution in [1.82, 2.24) is 15.1 Å². The lowest BCUT2D eigenvalue weighted by atomic mass is 10.00. The number of carbonyl (C=O) groups is 6. The number of thioether (sulfide) groups is 1. The van der Waals surface area contributed by atoms with E-state index in [-0.39, 0.29) is 47.4 Å². The van der Waals surface area contributed by atoms with E-state index in [1.54, 1.807) is 77.0 Å². The maximum Gasteiger partial charge on any atom is 0.514 e. The molecule has 0 unspecified atom stereocenters. The Labute approximate surface area is 417 Å². The molecule has 20 heteroatoms. The molecule has 0 spiro atoms. The molecule has 15 nitrogen and oxygen atoms in total. The van der Waals surface area contributed by atoms with Crippen LogP contribution in [0.1, 0.15) is 76.3 Å². The van der Waals surface area contributed by atoms with Crippen molar-refractivity contribution < 1.29 is 82.4 Å². The van der Waals surface area contributed by atoms with Crippen molar-refractivity contribution in [2.24, 2.45) is 0 Å². The topological polar surface area (TPSA) is 174 Å². The Kier molecular flexibility index (Phi) is 16.2. The zero-order chi connectivity index (χ0) is 49.8. The third kappa shape index (κ3) is 13.1. The summed E-state index contributed by atoms with van der Waals surface area (Å²) in [5, 5.41) is 4.26. The number of pyridine rings is 1. The van der Waals surface area contributed by atoms with Gasteiger partial charge >= 0.3 is 24.4 Å². The highest BCUT2D eigenvalue weighted by atomic mass is 79.9. The SMILES string of the molecule is CC(C)(C)OC(=O)N[C@@H]1C(=O)N2C(C(=O)OC(c3ccccc3)c3ccccc3)=C(C=C3CCN(Cc4cc[n+](CC(=O)Nc5ccc(OC(=O)OC(C)(C)C)cc5C(F)(F)F)cc4)C3=O)CS[C@H]12.[Br-]. The van der Waals surface area contributed by atoms with E-state index in [0.29, 0.717) is 46.9 Å². The second-order valence-corrected chi connectivity index (χ2v) is 19.5. The second kappa shape index (κ2) is 21.5. The summed E-state index contributed by atoms with van der Waals surface area (Å²) >= 11 is 1.32. The van der Waals surface area contributed by atoms with Crippen molar-refractivity contribution in [3.8, 4) is 5.75 Å². The zero-order valence-electron chi connectivity index (χ0n) is 39.0. The largest absolute Gasteiger partial charge is 1.00 e. The van der Waals surface area contributed by atoms with E-state index in [9.17, 15) is 41.9 Å². The lowest BCUT2D eigenvalue weighted by Crippen LogP contribution is -3.00. The average Bonchev–Trinajstić information content (AvgIpc) is 3.61. The first-order valence-electron chi connectivity index (χ1n) is 21.9. The van der Waals surface area contributed by atoms with Crippen molar-refractivity contribution >= 4 is 53.4 Å². The summed E-state index contributed by atoms with van der Waals surface area (Å²) in [7, 11) is 0. The van der Waals surface area contributed by atoms with Gasteiger partial charge in [0, 0.05) is 36.5 Å². The van der Waals surface area contributed by atoms with Gasteiger partial charge in [0.15, 0.2) is 18.5 Å². The number of β-lactam (4-membered cyclic amide) rings is 1. The van der Waals surface area contributed by atoms with Gasteiger partial charge in [-0.1, -0.05) is 60.7 Å². The number of alkyl halides is 3. The molecular formula is C50H51BrF3N5O10S. The summed E-state index contributed by atoms with van der Waals surface area (Å²) in [5.74, 6) is -2.60. The van der Waals surface area contributed by atoms with E-state index < -0.39 is 81.9 Å². The van der Waals surface area contributed by atoms with Crippen LogP contribution in [0.15, 0.2) is 126 Å². The van der Waals surface area contributed by atoms with Gasteiger partial charge in [-0.25, -0.2) is 14.4 Å². The highest BCUT2D eigenvalue weighted by Gasteiger charge is 2.55. The summed E-state index contributed by atoms with van der Waals surface area (Å²) in [5.41, 5.74) is -0.640. The standard InChI is InChI=1S/C50H50F3N5O10S.BrH/c1-48(2,3)67-46(63)55-39-43(61)58-40(45(62)66-41(31-13-9-7-10-14-31)32-15-11-8-12-16-32)34(29-69-44(39)58)25-33-21-24-57(42(33)60)27-30-19-22-56(23-20-30)28-38(59)54-37-18-17-35(26-36(37)50(51,52)53)65-47(64)68-49(4,5)6;/h7-20,22-23,25-26,39,41,44H,21,24,27-29H2,1-6H3,(H-,54,55,59,63);1H/t39-,44-;/m1./s1. The van der Waals surface area contributed by atoms with Crippen molar-refractivity contribution in [3.05, 3.63) is 149 Å². The first kappa shape index (κ1) is 52.7. The number of nitrogens with one attached hydrogen (secondary N) is 2. The number of allylic oxidation sites excluding steroid dienone is 1. The number of alkyl carbamates (subject to hydrolysis) is 1. The van der Waals surface area contributed by atoms with Crippen LogP contribution in [0.2, 0.25) is 0 Å². The molecule has 4 amide bonds. The number of anilines is 1. The molecule has 3 aromatic carbocycles. The van der Waals surface area contributed by atoms with Crippen molar-refractivity contribution in [3.63, 3.8) is 0 Å². The van der Waals surface area contributed by atoms with Gasteiger partial charge < -0.3 is 51.5 Å². The number of halogens is 4. The molecule has 3 aliphatic rings. The predicted molar refractivity (Wildman–Crippen MR) is 246 cm³/mol. The molecule has 0 saturated carbocycles. The number of hydrogen-bond donors (Lipinski definition) is 2. The fourth-order valence-electron chi connectivity index (χ4n) is 7.66. The quantitative estimate of drug-likeness (QED) is 0.0489. The second-order valence-electron chi connectivity index (χ2n) is 18.4. The van der Waals surface area contributed by atoms with Gasteiger partial charge in [0.1, 0.15) is 34.1 Å². The molecule has 2 fully saturated rings. The fourth-order valence-corrected chi connectivity index (χ4v) is 8.96. The first-order chi connectivity index (χ1) is 32.5. The third-order valence-corrected chi connectivity index (χ3v) is 12.0. The number of rotatable bonds is 12. The number of likely N-dealkylation sites (tertiary alicyclic amines) is 1. The molecule has 370 valence electrons. The molecule has 7 rings (SSSR count). The Balaban J connectivity index is 0.00000804. The number of ether oxygens (including phenoxy) is 4. The molecule has 3 aliphatic heterocycles. The van der Waals surface area contributed by atoms with Crippen LogP contribution in [-0.4, -0.2) is 80.7 Å². The monoisotopic (exact) mass is 1050 g/mol. The minimum Gasteiger partial charge on any atom is -1.00 e. The van der Waals surface area contributed by atoms with Gasteiger partial charge in [0.2, 0.25) is 12.5 Å². The summed E-state index contributed by atoms with van der Waals surface area (Å²) in [6.07, 6.45) is -2.62. The van der Waals surface area contributed by atoms with Gasteiger partial charge in [0.25, 0.3) is 11.8 Å². The van der Waals surface area contributed by atoms with Gasteiger partial charge in [0.05, 0.1) is 11.3 Å². The molecule has 4 aromatic rings. The van der Waals surface area contributed by atoms with E-state index in [4.69, 9.17) is 18.9 Å². The summed E-state index contributed by atoms with van der Waals surface area (Å²) < 4.78 is 65.1. The third-order valence-electron chi connectivity index (χ3n) is 10.7. The van der Waals surface area contributed by atoms with Crippen LogP contribution in [-0.2, 0) is 52.7 Å². The summed E-state index contributed by atoms with van der Waals surface area (Å²) in [6, 6.07) is 23.4. The Hall–Kier alpha value is -6.67. The highest BCUT2D eigenvalue weighted by molar-refractivity contribution is 8.00. The number of carbonyl (C=O) groups excluding carboxylic acids is 6. The highest BCUT2D eigenvalue weighted by Crippen LogP contribution is 2.43. The molecule has 2 atom stereocenters. The van der Waals surface area contributed by atoms with Crippen LogP contribution >= 0.6 is 11.8 Å². The van der Waals surface area contributed by atoms with Crippen molar-refractivity contribution in [2.45, 2.75) is 96.0 Å². The molecule has 0 aliphatic carbocycles. The number of nitrogens with zero attached hydrogens (tertiary/aromatic N) is 3. The Morgan fingerprint density at radius 2 is 1.47 bits per heavy atom. The number of amides is 4. The molecule has 2 saturated heterocycles. The van der Waals surface area contributed by atoms with Gasteiger partial charge in [-0.05, 0) is 94.5 Å². The Morgan fingerprint density at radius 3 is 2.06 bits per heavy atom. The van der Waals surface area contributed by atoms with E-state index in [0.717, 1.165) is 12.1 Å². The lowest BCUT2D eigenvalue weighted by molar-refractivity contribution is -0.684. The minimum absolute atomic E-state index is 0. The average molecular weight is 1050 g/mol. The van der Waals surface area contributed by atoms with Gasteiger partial charge in [-0.15, -0.1) is 11.8 Å².